The normalized spacial score (nSPS) is 11.2. The Kier molecular flexibility index (Phi) is 1.39. The quantitative estimate of drug-likeness (QED) is 0.534. The zero-order valence-electron chi connectivity index (χ0n) is 7.82. The van der Waals surface area contributed by atoms with Crippen LogP contribution in [0.5, 0.6) is 0 Å². The lowest BCUT2D eigenvalue weighted by atomic mass is 10.1. The number of nitrogens with zero attached hydrogens (tertiary/aromatic N) is 1. The van der Waals surface area contributed by atoms with Gasteiger partial charge in [0, 0.05) is 17.1 Å². The van der Waals surface area contributed by atoms with Gasteiger partial charge in [-0.2, -0.15) is 0 Å². The number of fused-ring (bicyclic) bond motifs is 3. The van der Waals surface area contributed by atoms with E-state index in [1.807, 2.05) is 25.3 Å². The SMILES string of the molecule is Cc1cnc2occ3cccc-3c2c1. The van der Waals surface area contributed by atoms with E-state index in [1.54, 1.807) is 6.26 Å². The van der Waals surface area contributed by atoms with E-state index in [0.717, 1.165) is 16.5 Å². The van der Waals surface area contributed by atoms with Gasteiger partial charge in [0.05, 0.1) is 0 Å². The highest BCUT2D eigenvalue weighted by atomic mass is 16.3. The predicted molar refractivity (Wildman–Crippen MR) is 55.4 cm³/mol. The summed E-state index contributed by atoms with van der Waals surface area (Å²) < 4.78 is 5.43. The molecular formula is C12H9NO. The molecule has 0 unspecified atom stereocenters. The summed E-state index contributed by atoms with van der Waals surface area (Å²) in [7, 11) is 0. The number of aryl methyl sites for hydroxylation is 1. The van der Waals surface area contributed by atoms with Gasteiger partial charge in [0.1, 0.15) is 6.26 Å². The maximum absolute atomic E-state index is 5.43. The van der Waals surface area contributed by atoms with Gasteiger partial charge in [-0.05, 0) is 24.1 Å². The van der Waals surface area contributed by atoms with Crippen LogP contribution in [0.2, 0.25) is 0 Å². The average molecular weight is 183 g/mol. The molecule has 2 aliphatic rings. The van der Waals surface area contributed by atoms with Gasteiger partial charge in [-0.25, -0.2) is 4.98 Å². The van der Waals surface area contributed by atoms with Crippen molar-refractivity contribution in [2.75, 3.05) is 0 Å². The van der Waals surface area contributed by atoms with E-state index < -0.39 is 0 Å². The van der Waals surface area contributed by atoms with Crippen molar-refractivity contribution in [1.29, 1.82) is 0 Å². The fourth-order valence-electron chi connectivity index (χ4n) is 1.74. The fourth-order valence-corrected chi connectivity index (χ4v) is 1.74. The van der Waals surface area contributed by atoms with Gasteiger partial charge >= 0.3 is 0 Å². The second-order valence-electron chi connectivity index (χ2n) is 3.50. The highest BCUT2D eigenvalue weighted by Gasteiger charge is 2.08. The average Bonchev–Trinajstić information content (AvgIpc) is 2.65. The number of hydrogen-bond donors (Lipinski definition) is 0. The monoisotopic (exact) mass is 183 g/mol. The molecule has 0 amide bonds. The van der Waals surface area contributed by atoms with Crippen molar-refractivity contribution in [2.45, 2.75) is 6.92 Å². The van der Waals surface area contributed by atoms with E-state index in [-0.39, 0.29) is 0 Å². The molecule has 1 aliphatic heterocycles. The third-order valence-electron chi connectivity index (χ3n) is 2.43. The Morgan fingerprint density at radius 3 is 3.14 bits per heavy atom. The Morgan fingerprint density at radius 2 is 2.21 bits per heavy atom. The van der Waals surface area contributed by atoms with Crippen LogP contribution in [0.25, 0.3) is 22.2 Å². The van der Waals surface area contributed by atoms with Crippen LogP contribution < -0.4 is 0 Å². The molecule has 14 heavy (non-hydrogen) atoms. The minimum absolute atomic E-state index is 0.703. The van der Waals surface area contributed by atoms with E-state index in [0.29, 0.717) is 5.71 Å². The zero-order valence-corrected chi connectivity index (χ0v) is 7.82. The van der Waals surface area contributed by atoms with Crippen molar-refractivity contribution < 1.29 is 4.42 Å². The van der Waals surface area contributed by atoms with Crippen molar-refractivity contribution in [1.82, 2.24) is 4.98 Å². The van der Waals surface area contributed by atoms with Gasteiger partial charge < -0.3 is 4.42 Å². The van der Waals surface area contributed by atoms with E-state index in [4.69, 9.17) is 4.42 Å². The number of pyridine rings is 1. The maximum atomic E-state index is 5.43. The van der Waals surface area contributed by atoms with Crippen LogP contribution in [-0.4, -0.2) is 4.98 Å². The molecule has 0 saturated carbocycles. The topological polar surface area (TPSA) is 26.0 Å². The van der Waals surface area contributed by atoms with Crippen molar-refractivity contribution >= 4 is 11.1 Å². The highest BCUT2D eigenvalue weighted by molar-refractivity contribution is 5.92. The fraction of sp³-hybridized carbons (Fsp3) is 0.0833. The maximum Gasteiger partial charge on any atom is 0.226 e. The van der Waals surface area contributed by atoms with Crippen LogP contribution in [0.3, 0.4) is 0 Å². The predicted octanol–water partition coefficient (Wildman–Crippen LogP) is 3.24. The summed E-state index contributed by atoms with van der Waals surface area (Å²) in [5.41, 5.74) is 4.20. The Bertz CT molecular complexity index is 568. The van der Waals surface area contributed by atoms with Crippen molar-refractivity contribution in [3.05, 3.63) is 42.3 Å². The molecule has 1 aromatic rings. The van der Waals surface area contributed by atoms with Crippen LogP contribution in [0.4, 0.5) is 0 Å². The lowest BCUT2D eigenvalue weighted by Crippen LogP contribution is -1.83. The molecule has 2 heteroatoms. The minimum Gasteiger partial charge on any atom is -0.445 e. The summed E-state index contributed by atoms with van der Waals surface area (Å²) in [6.07, 6.45) is 3.57. The van der Waals surface area contributed by atoms with Gasteiger partial charge in [-0.3, -0.25) is 0 Å². The van der Waals surface area contributed by atoms with Gasteiger partial charge in [0.2, 0.25) is 5.71 Å². The van der Waals surface area contributed by atoms with Crippen LogP contribution in [0.1, 0.15) is 5.56 Å². The van der Waals surface area contributed by atoms with Gasteiger partial charge in [0.25, 0.3) is 0 Å². The van der Waals surface area contributed by atoms with Crippen LogP contribution in [0.15, 0.2) is 41.1 Å². The van der Waals surface area contributed by atoms with Gasteiger partial charge in [0.15, 0.2) is 0 Å². The minimum atomic E-state index is 0.703. The molecule has 0 bridgehead atoms. The van der Waals surface area contributed by atoms with Crippen LogP contribution in [-0.2, 0) is 0 Å². The molecule has 0 N–H and O–H groups in total. The molecule has 1 aromatic heterocycles. The smallest absolute Gasteiger partial charge is 0.226 e. The molecule has 2 nitrogen and oxygen atoms in total. The Balaban J connectivity index is 2.53. The molecule has 2 heterocycles. The van der Waals surface area contributed by atoms with E-state index in [1.165, 1.54) is 5.56 Å². The Morgan fingerprint density at radius 1 is 1.29 bits per heavy atom. The molecule has 1 aliphatic carbocycles. The van der Waals surface area contributed by atoms with E-state index >= 15 is 0 Å². The molecule has 0 fully saturated rings. The third kappa shape index (κ3) is 0.940. The Hall–Kier alpha value is -1.83. The van der Waals surface area contributed by atoms with Crippen molar-refractivity contribution in [3.8, 4) is 11.1 Å². The standard InChI is InChI=1S/C12H9NO/c1-8-5-11-10-4-2-3-9(10)7-14-12(11)13-6-8/h2-7H,1H3. The summed E-state index contributed by atoms with van der Waals surface area (Å²) in [6.45, 7) is 2.04. The zero-order chi connectivity index (χ0) is 9.54. The number of aromatic nitrogens is 1. The van der Waals surface area contributed by atoms with E-state index in [9.17, 15) is 0 Å². The summed E-state index contributed by atoms with van der Waals surface area (Å²) in [5.74, 6) is 0. The summed E-state index contributed by atoms with van der Waals surface area (Å²) in [5, 5.41) is 1.09. The summed E-state index contributed by atoms with van der Waals surface area (Å²) in [4.78, 5) is 4.24. The first-order valence-corrected chi connectivity index (χ1v) is 4.57. The first-order chi connectivity index (χ1) is 6.84. The number of rotatable bonds is 0. The second-order valence-corrected chi connectivity index (χ2v) is 3.50. The lowest BCUT2D eigenvalue weighted by molar-refractivity contribution is 0.592. The molecule has 0 aromatic carbocycles. The van der Waals surface area contributed by atoms with Gasteiger partial charge in [-0.1, -0.05) is 18.2 Å². The molecule has 0 saturated heterocycles. The van der Waals surface area contributed by atoms with Crippen LogP contribution in [0, 0.1) is 6.92 Å². The molecule has 0 radical (unpaired) electrons. The largest absolute Gasteiger partial charge is 0.445 e. The second kappa shape index (κ2) is 2.58. The van der Waals surface area contributed by atoms with Gasteiger partial charge in [-0.15, -0.1) is 0 Å². The third-order valence-corrected chi connectivity index (χ3v) is 2.43. The molecule has 68 valence electrons. The van der Waals surface area contributed by atoms with Crippen molar-refractivity contribution in [3.63, 3.8) is 0 Å². The van der Waals surface area contributed by atoms with E-state index in [2.05, 4.69) is 17.1 Å². The molecule has 0 atom stereocenters. The molecule has 0 spiro atoms. The summed E-state index contributed by atoms with van der Waals surface area (Å²) in [6, 6.07) is 8.27. The van der Waals surface area contributed by atoms with Crippen LogP contribution >= 0.6 is 0 Å². The Labute approximate surface area is 81.5 Å². The first kappa shape index (κ1) is 7.56. The molecule has 3 rings (SSSR count). The van der Waals surface area contributed by atoms with Crippen molar-refractivity contribution in [2.24, 2.45) is 0 Å². The first-order valence-electron chi connectivity index (χ1n) is 4.57. The summed E-state index contributed by atoms with van der Waals surface area (Å²) >= 11 is 0. The molecular weight excluding hydrogens is 174 g/mol. The number of hydrogen-bond acceptors (Lipinski definition) is 2. The highest BCUT2D eigenvalue weighted by Crippen LogP contribution is 2.30. The lowest BCUT2D eigenvalue weighted by Gasteiger charge is -2.03.